The fourth-order valence-electron chi connectivity index (χ4n) is 5.50. The maximum atomic E-state index is 13.6. The number of anilines is 1. The largest absolute Gasteiger partial charge is 0.434 e. The van der Waals surface area contributed by atoms with Crippen molar-refractivity contribution in [2.24, 2.45) is 5.92 Å². The van der Waals surface area contributed by atoms with Crippen LogP contribution >= 0.6 is 11.6 Å². The van der Waals surface area contributed by atoms with E-state index in [2.05, 4.69) is 30.5 Å². The maximum absolute atomic E-state index is 13.6. The highest BCUT2D eigenvalue weighted by molar-refractivity contribution is 6.31. The minimum Gasteiger partial charge on any atom is -0.384 e. The molecule has 2 aliphatic rings. The van der Waals surface area contributed by atoms with Gasteiger partial charge >= 0.3 is 6.18 Å². The minimum atomic E-state index is -4.70. The van der Waals surface area contributed by atoms with Gasteiger partial charge in [0.05, 0.1) is 23.6 Å². The summed E-state index contributed by atoms with van der Waals surface area (Å²) in [4.78, 5) is 24.4. The fourth-order valence-corrected chi connectivity index (χ4v) is 5.67. The van der Waals surface area contributed by atoms with Crippen molar-refractivity contribution in [1.82, 2.24) is 39.7 Å². The molecule has 14 heteroatoms. The van der Waals surface area contributed by atoms with Crippen LogP contribution in [0.25, 0.3) is 28.1 Å². The molecule has 0 spiro atoms. The number of alkyl halides is 3. The molecule has 4 aromatic heterocycles. The Balaban J connectivity index is 1.30. The summed E-state index contributed by atoms with van der Waals surface area (Å²) in [6.07, 6.45) is -1.09. The smallest absolute Gasteiger partial charge is 0.384 e. The number of rotatable bonds is 4. The van der Waals surface area contributed by atoms with E-state index in [1.165, 1.54) is 35.4 Å². The molecule has 0 unspecified atom stereocenters. The van der Waals surface area contributed by atoms with Crippen molar-refractivity contribution in [1.29, 1.82) is 0 Å². The van der Waals surface area contributed by atoms with Gasteiger partial charge in [0.1, 0.15) is 18.0 Å². The third-order valence-electron chi connectivity index (χ3n) is 7.22. The number of hydrogen-bond donors (Lipinski definition) is 2. The molecule has 1 saturated carbocycles. The number of fused-ring (bicyclic) bond motifs is 3. The van der Waals surface area contributed by atoms with E-state index >= 15 is 0 Å². The van der Waals surface area contributed by atoms with E-state index in [0.29, 0.717) is 27.7 Å². The van der Waals surface area contributed by atoms with Crippen LogP contribution in [0, 0.1) is 5.92 Å². The number of nitrogen functional groups attached to an aromatic ring is 1. The van der Waals surface area contributed by atoms with Crippen molar-refractivity contribution in [3.8, 4) is 28.1 Å². The fraction of sp³-hybridized carbons (Fsp3) is 0.200. The Morgan fingerprint density at radius 1 is 1.10 bits per heavy atom. The number of nitrogens with one attached hydrogen (secondary N) is 1. The summed E-state index contributed by atoms with van der Waals surface area (Å²) >= 11 is 6.29. The lowest BCUT2D eigenvalue weighted by molar-refractivity contribution is -0.140. The van der Waals surface area contributed by atoms with Crippen LogP contribution in [0.5, 0.6) is 0 Å². The monoisotopic (exact) mass is 551 g/mol. The van der Waals surface area contributed by atoms with Gasteiger partial charge in [-0.05, 0) is 64.7 Å². The molecule has 5 heterocycles. The van der Waals surface area contributed by atoms with Crippen LogP contribution in [-0.2, 0) is 6.18 Å². The van der Waals surface area contributed by atoms with Gasteiger partial charge in [0.15, 0.2) is 5.69 Å². The lowest BCUT2D eigenvalue weighted by Gasteiger charge is -2.18. The van der Waals surface area contributed by atoms with E-state index in [1.807, 2.05) is 6.07 Å². The van der Waals surface area contributed by atoms with Crippen LogP contribution in [0.2, 0.25) is 5.02 Å². The van der Waals surface area contributed by atoms with E-state index in [4.69, 9.17) is 17.3 Å². The van der Waals surface area contributed by atoms with Gasteiger partial charge in [-0.25, -0.2) is 9.97 Å². The van der Waals surface area contributed by atoms with Crippen molar-refractivity contribution in [2.75, 3.05) is 5.73 Å². The zero-order chi connectivity index (χ0) is 27.1. The molecule has 7 rings (SSSR count). The average Bonchev–Trinajstić information content (AvgIpc) is 3.25. The standard InChI is InChI=1S/C25H17ClF3N9O/c26-12-1-3-18(37-10-32-35-36-37)14(7-12)11-5-19-15-8-16(15)22(38(19)21(39)6-11)24-31-9-17(33-24)13-2-4-20(30)34-23(13)25(27,28)29/h1-7,9-10,15-16,22H,8H2,(H2,30,34)(H,31,33)/t15-,16+,22+/m1/s1. The molecule has 0 bridgehead atoms. The van der Waals surface area contributed by atoms with Crippen LogP contribution in [0.4, 0.5) is 19.0 Å². The third kappa shape index (κ3) is 3.80. The average molecular weight is 552 g/mol. The van der Waals surface area contributed by atoms with Crippen LogP contribution in [0.1, 0.15) is 35.6 Å². The van der Waals surface area contributed by atoms with Gasteiger partial charge in [0.25, 0.3) is 5.56 Å². The quantitative estimate of drug-likeness (QED) is 0.341. The zero-order valence-corrected chi connectivity index (χ0v) is 20.5. The van der Waals surface area contributed by atoms with Crippen molar-refractivity contribution < 1.29 is 13.2 Å². The lowest BCUT2D eigenvalue weighted by Crippen LogP contribution is -2.26. The molecular weight excluding hydrogens is 535 g/mol. The molecule has 3 N–H and O–H groups in total. The summed E-state index contributed by atoms with van der Waals surface area (Å²) in [5.74, 6) is 0.391. The highest BCUT2D eigenvalue weighted by Crippen LogP contribution is 2.60. The second-order valence-corrected chi connectivity index (χ2v) is 9.99. The molecule has 196 valence electrons. The number of nitrogens with two attached hydrogens (primary N) is 1. The molecule has 1 fully saturated rings. The zero-order valence-electron chi connectivity index (χ0n) is 19.8. The van der Waals surface area contributed by atoms with Crippen LogP contribution < -0.4 is 11.3 Å². The number of aromatic nitrogens is 8. The first-order chi connectivity index (χ1) is 18.7. The predicted octanol–water partition coefficient (Wildman–Crippen LogP) is 4.24. The molecule has 0 amide bonds. The Hall–Kier alpha value is -4.52. The Kier molecular flexibility index (Phi) is 4.98. The first-order valence-corrected chi connectivity index (χ1v) is 12.3. The second kappa shape index (κ2) is 8.24. The Bertz CT molecular complexity index is 1810. The third-order valence-corrected chi connectivity index (χ3v) is 7.45. The summed E-state index contributed by atoms with van der Waals surface area (Å²) in [5, 5.41) is 11.8. The molecule has 39 heavy (non-hydrogen) atoms. The predicted molar refractivity (Wildman–Crippen MR) is 134 cm³/mol. The topological polar surface area (TPSA) is 133 Å². The Morgan fingerprint density at radius 2 is 1.95 bits per heavy atom. The molecule has 0 radical (unpaired) electrons. The number of benzene rings is 1. The highest BCUT2D eigenvalue weighted by atomic mass is 35.5. The minimum absolute atomic E-state index is 0.0944. The molecule has 3 atom stereocenters. The van der Waals surface area contributed by atoms with Gasteiger partial charge in [-0.3, -0.25) is 4.79 Å². The van der Waals surface area contributed by atoms with E-state index in [1.54, 1.807) is 22.8 Å². The normalized spacial score (nSPS) is 19.6. The summed E-state index contributed by atoms with van der Waals surface area (Å²) < 4.78 is 44.1. The molecule has 5 aromatic rings. The van der Waals surface area contributed by atoms with Crippen LogP contribution in [-0.4, -0.2) is 39.7 Å². The summed E-state index contributed by atoms with van der Waals surface area (Å²) in [6, 6.07) is 10.8. The highest BCUT2D eigenvalue weighted by Gasteiger charge is 2.54. The Labute approximate surface area is 222 Å². The molecule has 10 nitrogen and oxygen atoms in total. The van der Waals surface area contributed by atoms with Crippen LogP contribution in [0.3, 0.4) is 0 Å². The number of aromatic amines is 1. The number of pyridine rings is 2. The van der Waals surface area contributed by atoms with Crippen molar-refractivity contribution in [2.45, 2.75) is 24.6 Å². The number of H-pyrrole nitrogens is 1. The summed E-state index contributed by atoms with van der Waals surface area (Å²) in [5.41, 5.74) is 6.96. The van der Waals surface area contributed by atoms with E-state index in [0.717, 1.165) is 12.1 Å². The number of hydrogen-bond acceptors (Lipinski definition) is 7. The molecule has 1 aromatic carbocycles. The Morgan fingerprint density at radius 3 is 2.72 bits per heavy atom. The van der Waals surface area contributed by atoms with E-state index in [-0.39, 0.29) is 34.5 Å². The van der Waals surface area contributed by atoms with E-state index < -0.39 is 17.9 Å². The lowest BCUT2D eigenvalue weighted by atomic mass is 10.0. The number of imidazole rings is 1. The van der Waals surface area contributed by atoms with Gasteiger partial charge in [0, 0.05) is 33.8 Å². The van der Waals surface area contributed by atoms with Crippen molar-refractivity contribution >= 4 is 17.4 Å². The van der Waals surface area contributed by atoms with Gasteiger partial charge < -0.3 is 15.3 Å². The first kappa shape index (κ1) is 23.6. The summed E-state index contributed by atoms with van der Waals surface area (Å²) in [7, 11) is 0. The number of halogens is 4. The molecule has 0 saturated heterocycles. The van der Waals surface area contributed by atoms with Gasteiger partial charge in [0.2, 0.25) is 0 Å². The van der Waals surface area contributed by atoms with Gasteiger partial charge in [-0.15, -0.1) is 5.10 Å². The molecule has 1 aliphatic carbocycles. The number of nitrogens with zero attached hydrogens (tertiary/aromatic N) is 7. The summed E-state index contributed by atoms with van der Waals surface area (Å²) in [6.45, 7) is 0. The molecular formula is C25H17ClF3N9O. The van der Waals surface area contributed by atoms with Crippen molar-refractivity contribution in [3.05, 3.63) is 87.6 Å². The maximum Gasteiger partial charge on any atom is 0.434 e. The second-order valence-electron chi connectivity index (χ2n) is 9.56. The van der Waals surface area contributed by atoms with Gasteiger partial charge in [-0.2, -0.15) is 17.9 Å². The molecule has 1 aliphatic heterocycles. The van der Waals surface area contributed by atoms with Gasteiger partial charge in [-0.1, -0.05) is 11.6 Å². The SMILES string of the molecule is Nc1ccc(-c2cnc([C@@H]3[C@H]4C[C@H]4c4cc(-c5cc(Cl)ccc5-n5cnnn5)cc(=O)n43)[nH]2)c(C(F)(F)F)n1. The first-order valence-electron chi connectivity index (χ1n) is 11.9. The van der Waals surface area contributed by atoms with Crippen molar-refractivity contribution in [3.63, 3.8) is 0 Å². The van der Waals surface area contributed by atoms with Crippen LogP contribution in [0.15, 0.2) is 59.8 Å². The number of tetrazole rings is 1. The van der Waals surface area contributed by atoms with E-state index in [9.17, 15) is 18.0 Å².